The maximum absolute atomic E-state index is 13.1. The summed E-state index contributed by atoms with van der Waals surface area (Å²) < 4.78 is 23.4. The van der Waals surface area contributed by atoms with Crippen LogP contribution in [0.5, 0.6) is 0 Å². The zero-order valence-electron chi connectivity index (χ0n) is 21.1. The molecule has 1 aliphatic carbocycles. The van der Waals surface area contributed by atoms with E-state index in [9.17, 15) is 14.3 Å². The molecule has 1 heterocycles. The van der Waals surface area contributed by atoms with E-state index >= 15 is 0 Å². The van der Waals surface area contributed by atoms with Crippen LogP contribution < -0.4 is 0 Å². The summed E-state index contributed by atoms with van der Waals surface area (Å²) in [6.45, 7) is 4.76. The Morgan fingerprint density at radius 3 is 2.39 bits per heavy atom. The van der Waals surface area contributed by atoms with E-state index in [0.717, 1.165) is 31.5 Å². The minimum absolute atomic E-state index is 0.110. The van der Waals surface area contributed by atoms with E-state index in [0.29, 0.717) is 38.8 Å². The van der Waals surface area contributed by atoms with Gasteiger partial charge in [0.15, 0.2) is 13.2 Å². The summed E-state index contributed by atoms with van der Waals surface area (Å²) in [6, 6.07) is 18.6. The van der Waals surface area contributed by atoms with Gasteiger partial charge in [-0.25, -0.2) is 0 Å². The van der Waals surface area contributed by atoms with Gasteiger partial charge in [-0.15, -0.1) is 0 Å². The van der Waals surface area contributed by atoms with Crippen molar-refractivity contribution >= 4 is 13.2 Å². The van der Waals surface area contributed by atoms with Gasteiger partial charge in [0.1, 0.15) is 0 Å². The first-order chi connectivity index (χ1) is 17.4. The predicted molar refractivity (Wildman–Crippen MR) is 143 cm³/mol. The van der Waals surface area contributed by atoms with Gasteiger partial charge in [-0.3, -0.25) is 14.3 Å². The molecule has 2 fully saturated rings. The molecule has 4 atom stereocenters. The van der Waals surface area contributed by atoms with Crippen LogP contribution in [0.3, 0.4) is 0 Å². The first kappa shape index (κ1) is 27.0. The van der Waals surface area contributed by atoms with Gasteiger partial charge in [-0.2, -0.15) is 0 Å². The lowest BCUT2D eigenvalue weighted by atomic mass is 9.93. The van der Waals surface area contributed by atoms with Gasteiger partial charge in [0, 0.05) is 38.3 Å². The van der Waals surface area contributed by atoms with Crippen LogP contribution in [0.2, 0.25) is 0 Å². The van der Waals surface area contributed by atoms with Crippen molar-refractivity contribution in [1.82, 2.24) is 4.90 Å². The number of morpholine rings is 1. The summed E-state index contributed by atoms with van der Waals surface area (Å²) in [5.41, 5.74) is 3.46. The summed E-state index contributed by atoms with van der Waals surface area (Å²) in [4.78, 5) is 24.9. The number of nitrogens with zero attached hydrogens (tertiary/aromatic N) is 1. The van der Waals surface area contributed by atoms with Crippen molar-refractivity contribution in [3.8, 4) is 11.1 Å². The average Bonchev–Trinajstić information content (AvgIpc) is 3.20. The zero-order valence-corrected chi connectivity index (χ0v) is 22.0. The molecule has 4 rings (SSSR count). The average molecular weight is 512 g/mol. The molecule has 6 nitrogen and oxygen atoms in total. The topological polar surface area (TPSA) is 76.1 Å². The smallest absolute Gasteiger partial charge is 0.197 e. The summed E-state index contributed by atoms with van der Waals surface area (Å²) in [5, 5.41) is 0. The largest absolute Gasteiger partial charge is 0.379 e. The van der Waals surface area contributed by atoms with Gasteiger partial charge in [0.2, 0.25) is 0 Å². The van der Waals surface area contributed by atoms with Gasteiger partial charge < -0.3 is 14.4 Å². The lowest BCUT2D eigenvalue weighted by Crippen LogP contribution is -2.49. The number of ether oxygens (including phenoxy) is 2. The third kappa shape index (κ3) is 7.71. The maximum Gasteiger partial charge on any atom is 0.197 e. The van der Waals surface area contributed by atoms with Crippen molar-refractivity contribution in [2.24, 2.45) is 5.92 Å². The number of carbonyl (C=O) groups excluding carboxylic acids is 1. The fourth-order valence-electron chi connectivity index (χ4n) is 5.23. The Balaban J connectivity index is 1.38. The molecule has 1 saturated carbocycles. The van der Waals surface area contributed by atoms with Crippen LogP contribution in [0.15, 0.2) is 66.7 Å². The molecule has 36 heavy (non-hydrogen) atoms. The molecular weight excluding hydrogens is 473 g/mol. The van der Waals surface area contributed by atoms with Gasteiger partial charge in [0.05, 0.1) is 32.0 Å². The first-order valence-electron chi connectivity index (χ1n) is 13.0. The van der Waals surface area contributed by atoms with Gasteiger partial charge >= 0.3 is 0 Å². The summed E-state index contributed by atoms with van der Waals surface area (Å²) in [6.07, 6.45) is 6.97. The van der Waals surface area contributed by atoms with E-state index in [1.54, 1.807) is 0 Å². The van der Waals surface area contributed by atoms with Crippen LogP contribution in [0.4, 0.5) is 0 Å². The van der Waals surface area contributed by atoms with Crippen molar-refractivity contribution in [1.29, 1.82) is 0 Å². The maximum atomic E-state index is 13.1. The van der Waals surface area contributed by atoms with Crippen molar-refractivity contribution in [2.45, 2.75) is 44.4 Å². The predicted octanol–water partition coefficient (Wildman–Crippen LogP) is 5.16. The molecule has 0 amide bonds. The highest BCUT2D eigenvalue weighted by atomic mass is 31.2. The van der Waals surface area contributed by atoms with Gasteiger partial charge in [-0.05, 0) is 36.0 Å². The van der Waals surface area contributed by atoms with Crippen molar-refractivity contribution in [3.63, 3.8) is 0 Å². The van der Waals surface area contributed by atoms with Crippen molar-refractivity contribution < 1.29 is 23.7 Å². The molecule has 4 unspecified atom stereocenters. The second-order valence-electron chi connectivity index (χ2n) is 9.95. The minimum atomic E-state index is -2.98. The fourth-order valence-corrected chi connectivity index (χ4v) is 5.86. The third-order valence-electron chi connectivity index (χ3n) is 7.12. The zero-order chi connectivity index (χ0) is 25.4. The second-order valence-corrected chi connectivity index (χ2v) is 12.5. The number of allylic oxidation sites excluding steroid dienone is 2. The minimum Gasteiger partial charge on any atom is -0.379 e. The SMILES string of the molecule is CP(=O)(O)CCC=CCCC1C(OCc2ccc(-c3ccccc3)cc2)CC(=O)C1N1CCOCC1. The van der Waals surface area contributed by atoms with Gasteiger partial charge in [0.25, 0.3) is 0 Å². The molecule has 2 aromatic carbocycles. The van der Waals surface area contributed by atoms with E-state index in [-0.39, 0.29) is 23.8 Å². The summed E-state index contributed by atoms with van der Waals surface area (Å²) in [5.74, 6) is 0.390. The molecule has 0 radical (unpaired) electrons. The standard InChI is InChI=1S/C29H38NO5P/c1-36(32,33)20-8-3-2-7-11-26-28(21-27(31)29(26)30-16-18-34-19-17-30)35-22-23-12-14-25(15-13-23)24-9-5-4-6-10-24/h2-6,9-10,12-15,26,28-29H,7-8,11,16-22H2,1H3,(H,32,33). The van der Waals surface area contributed by atoms with E-state index in [4.69, 9.17) is 9.47 Å². The molecule has 0 bridgehead atoms. The Bertz CT molecular complexity index is 1040. The second kappa shape index (κ2) is 12.9. The molecular formula is C29H38NO5P. The van der Waals surface area contributed by atoms with E-state index in [1.165, 1.54) is 17.8 Å². The molecule has 0 aromatic heterocycles. The monoisotopic (exact) mass is 511 g/mol. The molecule has 1 saturated heterocycles. The van der Waals surface area contributed by atoms with Crippen LogP contribution in [0, 0.1) is 5.92 Å². The number of ketones is 1. The normalized spacial score (nSPS) is 24.8. The molecule has 2 aromatic rings. The molecule has 1 N–H and O–H groups in total. The Morgan fingerprint density at radius 1 is 1.03 bits per heavy atom. The summed E-state index contributed by atoms with van der Waals surface area (Å²) >= 11 is 0. The Kier molecular flexibility index (Phi) is 9.69. The van der Waals surface area contributed by atoms with Crippen LogP contribution in [-0.4, -0.2) is 66.9 Å². The van der Waals surface area contributed by atoms with E-state index in [1.807, 2.05) is 24.3 Å². The highest BCUT2D eigenvalue weighted by Gasteiger charge is 2.45. The molecule has 1 aliphatic heterocycles. The van der Waals surface area contributed by atoms with E-state index < -0.39 is 7.37 Å². The highest BCUT2D eigenvalue weighted by molar-refractivity contribution is 7.57. The Morgan fingerprint density at radius 2 is 1.69 bits per heavy atom. The fraction of sp³-hybridized carbons (Fsp3) is 0.483. The quantitative estimate of drug-likeness (QED) is 0.332. The number of benzene rings is 2. The molecule has 194 valence electrons. The highest BCUT2D eigenvalue weighted by Crippen LogP contribution is 2.36. The van der Waals surface area contributed by atoms with E-state index in [2.05, 4.69) is 47.4 Å². The number of carbonyl (C=O) groups is 1. The first-order valence-corrected chi connectivity index (χ1v) is 15.2. The molecule has 0 spiro atoms. The number of rotatable bonds is 11. The van der Waals surface area contributed by atoms with Gasteiger partial charge in [-0.1, -0.05) is 66.7 Å². The van der Waals surface area contributed by atoms with Crippen LogP contribution in [-0.2, 0) is 25.4 Å². The van der Waals surface area contributed by atoms with Crippen molar-refractivity contribution in [3.05, 3.63) is 72.3 Å². The van der Waals surface area contributed by atoms with Crippen molar-refractivity contribution in [2.75, 3.05) is 39.1 Å². The lowest BCUT2D eigenvalue weighted by molar-refractivity contribution is -0.124. The van der Waals surface area contributed by atoms with Crippen LogP contribution >= 0.6 is 7.37 Å². The third-order valence-corrected chi connectivity index (χ3v) is 8.21. The molecule has 2 aliphatic rings. The van der Waals surface area contributed by atoms with Crippen LogP contribution in [0.25, 0.3) is 11.1 Å². The Labute approximate surface area is 214 Å². The summed E-state index contributed by atoms with van der Waals surface area (Å²) in [7, 11) is -2.98. The Hall–Kier alpha value is -2.08. The number of hydrogen-bond acceptors (Lipinski definition) is 5. The van der Waals surface area contributed by atoms with Crippen LogP contribution in [0.1, 0.15) is 31.2 Å². The number of hydrogen-bond donors (Lipinski definition) is 1. The lowest BCUT2D eigenvalue weighted by Gasteiger charge is -2.35. The molecule has 7 heteroatoms. The number of Topliss-reactive ketones (excluding diaryl/α,β-unsaturated/α-hetero) is 1.